The van der Waals surface area contributed by atoms with Crippen LogP contribution in [0.5, 0.6) is 0 Å². The van der Waals surface area contributed by atoms with E-state index in [-0.39, 0.29) is 17.4 Å². The van der Waals surface area contributed by atoms with E-state index in [0.29, 0.717) is 5.92 Å². The quantitative estimate of drug-likeness (QED) is 0.829. The largest absolute Gasteiger partial charge is 0.399 e. The average Bonchev–Trinajstić information content (AvgIpc) is 3.14. The standard InChI is InChI=1S/C15H14F2N2/c16-12-6-10(18)7-13(17)15(12)19-14-8-11(14)9-4-2-1-3-5-9/h1-7,11,14,19H,8,18H2. The van der Waals surface area contributed by atoms with Crippen LogP contribution in [0.25, 0.3) is 0 Å². The molecule has 1 aliphatic carbocycles. The second kappa shape index (κ2) is 4.53. The van der Waals surface area contributed by atoms with Gasteiger partial charge < -0.3 is 11.1 Å². The molecule has 3 N–H and O–H groups in total. The average molecular weight is 260 g/mol. The molecular weight excluding hydrogens is 246 g/mol. The Labute approximate surface area is 110 Å². The number of hydrogen-bond donors (Lipinski definition) is 2. The number of nitrogens with two attached hydrogens (primary N) is 1. The number of hydrogen-bond acceptors (Lipinski definition) is 2. The Bertz CT molecular complexity index is 575. The van der Waals surface area contributed by atoms with Crippen LogP contribution in [0.2, 0.25) is 0 Å². The fourth-order valence-corrected chi connectivity index (χ4v) is 2.34. The highest BCUT2D eigenvalue weighted by molar-refractivity contribution is 5.56. The second-order valence-electron chi connectivity index (χ2n) is 4.86. The molecule has 2 aromatic carbocycles. The molecule has 0 amide bonds. The first-order valence-corrected chi connectivity index (χ1v) is 6.21. The topological polar surface area (TPSA) is 38.0 Å². The minimum absolute atomic E-state index is 0.0787. The van der Waals surface area contributed by atoms with Gasteiger partial charge in [0.1, 0.15) is 5.69 Å². The molecule has 98 valence electrons. The third-order valence-electron chi connectivity index (χ3n) is 3.41. The molecule has 1 saturated carbocycles. The fraction of sp³-hybridized carbons (Fsp3) is 0.200. The summed E-state index contributed by atoms with van der Waals surface area (Å²) in [5.74, 6) is -0.968. The molecule has 2 aromatic rings. The van der Waals surface area contributed by atoms with Gasteiger partial charge in [-0.3, -0.25) is 0 Å². The van der Waals surface area contributed by atoms with Crippen LogP contribution in [0.1, 0.15) is 17.9 Å². The van der Waals surface area contributed by atoms with Crippen molar-refractivity contribution in [1.82, 2.24) is 0 Å². The lowest BCUT2D eigenvalue weighted by Gasteiger charge is -2.09. The number of benzene rings is 2. The number of anilines is 2. The minimum Gasteiger partial charge on any atom is -0.399 e. The predicted molar refractivity (Wildman–Crippen MR) is 72.0 cm³/mol. The van der Waals surface area contributed by atoms with Crippen LogP contribution in [0.3, 0.4) is 0 Å². The number of nitrogens with one attached hydrogen (secondary N) is 1. The van der Waals surface area contributed by atoms with Crippen molar-refractivity contribution in [1.29, 1.82) is 0 Å². The lowest BCUT2D eigenvalue weighted by Crippen LogP contribution is -2.08. The molecule has 3 rings (SSSR count). The van der Waals surface area contributed by atoms with Gasteiger partial charge in [0.25, 0.3) is 0 Å². The van der Waals surface area contributed by atoms with Crippen molar-refractivity contribution in [2.75, 3.05) is 11.1 Å². The Morgan fingerprint density at radius 2 is 1.68 bits per heavy atom. The Morgan fingerprint density at radius 1 is 1.05 bits per heavy atom. The highest BCUT2D eigenvalue weighted by Crippen LogP contribution is 2.43. The highest BCUT2D eigenvalue weighted by atomic mass is 19.1. The molecule has 0 aliphatic heterocycles. The van der Waals surface area contributed by atoms with Crippen molar-refractivity contribution in [3.8, 4) is 0 Å². The summed E-state index contributed by atoms with van der Waals surface area (Å²) >= 11 is 0. The molecule has 0 aromatic heterocycles. The van der Waals surface area contributed by atoms with E-state index in [2.05, 4.69) is 5.32 Å². The van der Waals surface area contributed by atoms with Crippen molar-refractivity contribution < 1.29 is 8.78 Å². The van der Waals surface area contributed by atoms with Gasteiger partial charge in [0.2, 0.25) is 0 Å². The van der Waals surface area contributed by atoms with Crippen LogP contribution in [-0.2, 0) is 0 Å². The molecular formula is C15H14F2N2. The van der Waals surface area contributed by atoms with Gasteiger partial charge in [-0.05, 0) is 24.1 Å². The molecule has 0 heterocycles. The molecule has 19 heavy (non-hydrogen) atoms. The Balaban J connectivity index is 1.75. The predicted octanol–water partition coefficient (Wildman–Crippen LogP) is 3.52. The summed E-state index contributed by atoms with van der Waals surface area (Å²) in [5.41, 5.74) is 6.58. The van der Waals surface area contributed by atoms with Crippen LogP contribution in [0.15, 0.2) is 42.5 Å². The van der Waals surface area contributed by atoms with Gasteiger partial charge in [-0.1, -0.05) is 30.3 Å². The van der Waals surface area contributed by atoms with Crippen molar-refractivity contribution in [3.05, 3.63) is 59.7 Å². The van der Waals surface area contributed by atoms with E-state index in [1.807, 2.05) is 30.3 Å². The zero-order valence-corrected chi connectivity index (χ0v) is 10.2. The lowest BCUT2D eigenvalue weighted by molar-refractivity contribution is 0.588. The van der Waals surface area contributed by atoms with Crippen LogP contribution in [-0.4, -0.2) is 6.04 Å². The summed E-state index contributed by atoms with van der Waals surface area (Å²) in [4.78, 5) is 0. The molecule has 0 saturated heterocycles. The lowest BCUT2D eigenvalue weighted by atomic mass is 10.1. The van der Waals surface area contributed by atoms with E-state index in [0.717, 1.165) is 18.6 Å². The first kappa shape index (κ1) is 12.0. The summed E-state index contributed by atoms with van der Waals surface area (Å²) in [6.45, 7) is 0. The smallest absolute Gasteiger partial charge is 0.151 e. The summed E-state index contributed by atoms with van der Waals surface area (Å²) < 4.78 is 27.3. The van der Waals surface area contributed by atoms with E-state index < -0.39 is 11.6 Å². The monoisotopic (exact) mass is 260 g/mol. The summed E-state index contributed by atoms with van der Waals surface area (Å²) in [6, 6.07) is 12.3. The van der Waals surface area contributed by atoms with Gasteiger partial charge in [0.05, 0.1) is 0 Å². The maximum Gasteiger partial charge on any atom is 0.151 e. The van der Waals surface area contributed by atoms with E-state index in [9.17, 15) is 8.78 Å². The normalized spacial score (nSPS) is 21.2. The van der Waals surface area contributed by atoms with Crippen molar-refractivity contribution in [3.63, 3.8) is 0 Å². The second-order valence-corrected chi connectivity index (χ2v) is 4.86. The fourth-order valence-electron chi connectivity index (χ4n) is 2.34. The van der Waals surface area contributed by atoms with Gasteiger partial charge in [-0.25, -0.2) is 8.78 Å². The molecule has 2 atom stereocenters. The first-order valence-electron chi connectivity index (χ1n) is 6.21. The zero-order chi connectivity index (χ0) is 13.4. The van der Waals surface area contributed by atoms with Crippen molar-refractivity contribution in [2.24, 2.45) is 0 Å². The van der Waals surface area contributed by atoms with Gasteiger partial charge in [-0.15, -0.1) is 0 Å². The molecule has 0 spiro atoms. The Kier molecular flexibility index (Phi) is 2.85. The van der Waals surface area contributed by atoms with Gasteiger partial charge in [0, 0.05) is 17.6 Å². The number of nitrogen functional groups attached to an aromatic ring is 1. The maximum atomic E-state index is 13.6. The van der Waals surface area contributed by atoms with E-state index in [1.165, 1.54) is 5.56 Å². The molecule has 0 bridgehead atoms. The molecule has 2 nitrogen and oxygen atoms in total. The van der Waals surface area contributed by atoms with Gasteiger partial charge >= 0.3 is 0 Å². The molecule has 2 unspecified atom stereocenters. The summed E-state index contributed by atoms with van der Waals surface area (Å²) in [6.07, 6.45) is 0.882. The molecule has 0 radical (unpaired) electrons. The third-order valence-corrected chi connectivity index (χ3v) is 3.41. The summed E-state index contributed by atoms with van der Waals surface area (Å²) in [7, 11) is 0. The van der Waals surface area contributed by atoms with E-state index >= 15 is 0 Å². The number of halogens is 2. The van der Waals surface area contributed by atoms with Crippen molar-refractivity contribution >= 4 is 11.4 Å². The SMILES string of the molecule is Nc1cc(F)c(NC2CC2c2ccccc2)c(F)c1. The van der Waals surface area contributed by atoms with Crippen LogP contribution < -0.4 is 11.1 Å². The number of rotatable bonds is 3. The Morgan fingerprint density at radius 3 is 2.32 bits per heavy atom. The minimum atomic E-state index is -0.642. The first-order chi connectivity index (χ1) is 9.15. The maximum absolute atomic E-state index is 13.6. The van der Waals surface area contributed by atoms with Crippen LogP contribution in [0, 0.1) is 11.6 Å². The molecule has 4 heteroatoms. The zero-order valence-electron chi connectivity index (χ0n) is 10.2. The summed E-state index contributed by atoms with van der Waals surface area (Å²) in [5, 5.41) is 2.92. The third kappa shape index (κ3) is 2.38. The van der Waals surface area contributed by atoms with Crippen LogP contribution >= 0.6 is 0 Å². The van der Waals surface area contributed by atoms with E-state index in [4.69, 9.17) is 5.73 Å². The van der Waals surface area contributed by atoms with E-state index in [1.54, 1.807) is 0 Å². The van der Waals surface area contributed by atoms with Crippen LogP contribution in [0.4, 0.5) is 20.2 Å². The highest BCUT2D eigenvalue weighted by Gasteiger charge is 2.39. The molecule has 1 aliphatic rings. The molecule has 1 fully saturated rings. The van der Waals surface area contributed by atoms with Crippen molar-refractivity contribution in [2.45, 2.75) is 18.4 Å². The Hall–Kier alpha value is -2.10. The van der Waals surface area contributed by atoms with Gasteiger partial charge in [-0.2, -0.15) is 0 Å². The van der Waals surface area contributed by atoms with Gasteiger partial charge in [0.15, 0.2) is 11.6 Å².